The lowest BCUT2D eigenvalue weighted by molar-refractivity contribution is 0.346. The number of benzene rings is 7. The largest absolute Gasteiger partial charge is 0.504 e. The lowest BCUT2D eigenvalue weighted by atomic mass is 9.78. The van der Waals surface area contributed by atoms with E-state index in [-0.39, 0.29) is 16.5 Å². The van der Waals surface area contributed by atoms with E-state index in [0.29, 0.717) is 5.56 Å². The van der Waals surface area contributed by atoms with Gasteiger partial charge in [0.25, 0.3) is 0 Å². The van der Waals surface area contributed by atoms with Crippen LogP contribution < -0.4 is 4.90 Å². The summed E-state index contributed by atoms with van der Waals surface area (Å²) in [5, 5.41) is 43.6. The van der Waals surface area contributed by atoms with E-state index in [4.69, 9.17) is 0 Å². The van der Waals surface area contributed by atoms with E-state index in [9.17, 15) is 20.4 Å². The van der Waals surface area contributed by atoms with Crippen molar-refractivity contribution in [3.05, 3.63) is 198 Å². The van der Waals surface area contributed by atoms with Crippen LogP contribution in [0.15, 0.2) is 170 Å². The molecule has 318 valence electrons. The molecule has 6 heteroatoms. The first kappa shape index (κ1) is 39.9. The number of nitrogens with zero attached hydrogens (tertiary/aromatic N) is 2. The normalized spacial score (nSPS) is 14.6. The molecule has 0 bridgehead atoms. The van der Waals surface area contributed by atoms with E-state index in [1.807, 2.05) is 24.3 Å². The summed E-state index contributed by atoms with van der Waals surface area (Å²) in [4.78, 5) is 2.24. The monoisotopic (exact) mass is 848 g/mol. The van der Waals surface area contributed by atoms with Gasteiger partial charge in [0, 0.05) is 50.4 Å². The summed E-state index contributed by atoms with van der Waals surface area (Å²) in [6.45, 7) is 8.44. The number of hydrogen-bond donors (Lipinski definition) is 4. The van der Waals surface area contributed by atoms with Crippen LogP contribution in [0.25, 0.3) is 67.7 Å². The fourth-order valence-corrected chi connectivity index (χ4v) is 10.5. The molecule has 4 N–H and O–H groups in total. The zero-order valence-electron chi connectivity index (χ0n) is 36.4. The number of phenols is 4. The Hall–Kier alpha value is -7.96. The molecule has 6 nitrogen and oxygen atoms in total. The van der Waals surface area contributed by atoms with Gasteiger partial charge in [-0.25, -0.2) is 0 Å². The Labute approximate surface area is 379 Å². The molecule has 1 heterocycles. The predicted octanol–water partition coefficient (Wildman–Crippen LogP) is 14.9. The van der Waals surface area contributed by atoms with Crippen molar-refractivity contribution in [2.45, 2.75) is 44.9 Å². The number of fused-ring (bicyclic) bond motifs is 5. The molecule has 0 unspecified atom stereocenters. The highest BCUT2D eigenvalue weighted by Crippen LogP contribution is 2.54. The summed E-state index contributed by atoms with van der Waals surface area (Å²) < 4.78 is 2.39. The van der Waals surface area contributed by atoms with Crippen molar-refractivity contribution in [1.82, 2.24) is 4.57 Å². The average Bonchev–Trinajstić information content (AvgIpc) is 3.80. The third-order valence-corrected chi connectivity index (χ3v) is 13.8. The van der Waals surface area contributed by atoms with Crippen molar-refractivity contribution in [2.75, 3.05) is 4.90 Å². The van der Waals surface area contributed by atoms with E-state index < -0.39 is 23.0 Å². The zero-order valence-corrected chi connectivity index (χ0v) is 36.4. The third-order valence-electron chi connectivity index (χ3n) is 13.8. The van der Waals surface area contributed by atoms with Gasteiger partial charge in [-0.3, -0.25) is 0 Å². The lowest BCUT2D eigenvalue weighted by Gasteiger charge is -2.29. The van der Waals surface area contributed by atoms with Gasteiger partial charge in [0.2, 0.25) is 11.5 Å². The first-order chi connectivity index (χ1) is 31.6. The fourth-order valence-electron chi connectivity index (χ4n) is 10.5. The highest BCUT2D eigenvalue weighted by atomic mass is 16.3. The quantitative estimate of drug-likeness (QED) is 0.0903. The number of hydrogen-bond acceptors (Lipinski definition) is 5. The molecule has 0 amide bonds. The molecule has 0 saturated carbocycles. The van der Waals surface area contributed by atoms with Gasteiger partial charge in [-0.15, -0.1) is 0 Å². The molecule has 0 radical (unpaired) electrons. The van der Waals surface area contributed by atoms with Gasteiger partial charge in [0.15, 0.2) is 11.5 Å². The highest BCUT2D eigenvalue weighted by molar-refractivity contribution is 5.95. The van der Waals surface area contributed by atoms with E-state index in [1.165, 1.54) is 61.8 Å². The average molecular weight is 849 g/mol. The SMILES string of the molecule is C=Cc1c(O)c(O)c(O)c(O)c1-c1ccc(N(c2ccc(-c3cccc(-c4ccc5c(c4)c4c(n5-c5ccccc5)C=CCC4)c3)cc2)c2ccc3c(c2)C(C)(C)C2=C3C=CCC2)cc1. The van der Waals surface area contributed by atoms with Crippen LogP contribution >= 0.6 is 0 Å². The van der Waals surface area contributed by atoms with Crippen LogP contribution in [0.1, 0.15) is 61.1 Å². The molecule has 8 aromatic rings. The first-order valence-corrected chi connectivity index (χ1v) is 22.3. The van der Waals surface area contributed by atoms with E-state index >= 15 is 0 Å². The summed E-state index contributed by atoms with van der Waals surface area (Å²) >= 11 is 0. The molecule has 3 aliphatic carbocycles. The van der Waals surface area contributed by atoms with E-state index in [2.05, 4.69) is 169 Å². The molecule has 0 fully saturated rings. The molecule has 0 spiro atoms. The van der Waals surface area contributed by atoms with Crippen molar-refractivity contribution < 1.29 is 20.4 Å². The Morgan fingerprint density at radius 2 is 1.22 bits per heavy atom. The lowest BCUT2D eigenvalue weighted by Crippen LogP contribution is -2.18. The number of aryl methyl sites for hydroxylation is 1. The summed E-state index contributed by atoms with van der Waals surface area (Å²) in [6, 6.07) is 49.3. The second-order valence-electron chi connectivity index (χ2n) is 17.8. The number of para-hydroxylation sites is 1. The topological polar surface area (TPSA) is 89.1 Å². The van der Waals surface area contributed by atoms with Gasteiger partial charge in [-0.05, 0) is 149 Å². The Morgan fingerprint density at radius 1 is 0.585 bits per heavy atom. The predicted molar refractivity (Wildman–Crippen MR) is 267 cm³/mol. The zero-order chi connectivity index (χ0) is 44.6. The molecule has 0 atom stereocenters. The smallest absolute Gasteiger partial charge is 0.204 e. The minimum atomic E-state index is -0.794. The maximum atomic E-state index is 11.0. The summed E-state index contributed by atoms with van der Waals surface area (Å²) in [7, 11) is 0. The number of anilines is 3. The number of allylic oxidation sites excluding steroid dienone is 5. The highest BCUT2D eigenvalue weighted by Gasteiger charge is 2.38. The van der Waals surface area contributed by atoms with Crippen LogP contribution in [0.3, 0.4) is 0 Å². The van der Waals surface area contributed by atoms with Gasteiger partial charge in [-0.2, -0.15) is 0 Å². The maximum Gasteiger partial charge on any atom is 0.204 e. The van der Waals surface area contributed by atoms with Crippen molar-refractivity contribution in [1.29, 1.82) is 0 Å². The number of aromatic nitrogens is 1. The Balaban J connectivity index is 0.972. The minimum absolute atomic E-state index is 0.118. The summed E-state index contributed by atoms with van der Waals surface area (Å²) in [5.74, 6) is -2.67. The van der Waals surface area contributed by atoms with Crippen molar-refractivity contribution >= 4 is 45.7 Å². The molecule has 0 saturated heterocycles. The molecular formula is C59H48N2O4. The molecule has 3 aliphatic rings. The van der Waals surface area contributed by atoms with Crippen molar-refractivity contribution in [3.63, 3.8) is 0 Å². The number of rotatable bonds is 8. The van der Waals surface area contributed by atoms with Gasteiger partial charge < -0.3 is 29.9 Å². The van der Waals surface area contributed by atoms with Gasteiger partial charge >= 0.3 is 0 Å². The Morgan fingerprint density at radius 3 is 1.95 bits per heavy atom. The van der Waals surface area contributed by atoms with Crippen LogP contribution in [0.4, 0.5) is 17.1 Å². The van der Waals surface area contributed by atoms with Crippen LogP contribution in [0, 0.1) is 0 Å². The van der Waals surface area contributed by atoms with Gasteiger partial charge in [-0.1, -0.05) is 123 Å². The molecule has 11 rings (SSSR count). The fraction of sp³-hybridized carbons (Fsp3) is 0.119. The Bertz CT molecular complexity index is 3330. The maximum absolute atomic E-state index is 11.0. The summed E-state index contributed by atoms with van der Waals surface area (Å²) in [6.07, 6.45) is 14.6. The van der Waals surface area contributed by atoms with Crippen LogP contribution in [0.2, 0.25) is 0 Å². The molecule has 7 aromatic carbocycles. The summed E-state index contributed by atoms with van der Waals surface area (Å²) in [5.41, 5.74) is 18.6. The van der Waals surface area contributed by atoms with Crippen molar-refractivity contribution in [3.8, 4) is 62.1 Å². The number of phenolic OH excluding ortho intramolecular Hbond substituents is 4. The van der Waals surface area contributed by atoms with Crippen LogP contribution in [-0.4, -0.2) is 25.0 Å². The standard InChI is InChI=1S/C59H48N2O4/c1-4-45-54(56(63)58(65)57(64)55(45)62)37-23-28-43(29-24-37)60(44-30-31-47-46-17-8-10-19-50(46)59(2,3)51(47)35-44)42-26-21-36(22-27-42)38-13-12-14-39(33-38)40-25-32-53-49(34-40)48-18-9-11-20-52(48)61(53)41-15-6-5-7-16-41/h4-8,11-17,20-35,62-65H,1,9-10,18-19H2,2-3H3. The van der Waals surface area contributed by atoms with Gasteiger partial charge in [0.1, 0.15) is 0 Å². The molecule has 0 aliphatic heterocycles. The number of aromatic hydroxyl groups is 4. The minimum Gasteiger partial charge on any atom is -0.504 e. The first-order valence-electron chi connectivity index (χ1n) is 22.3. The van der Waals surface area contributed by atoms with Crippen molar-refractivity contribution in [2.24, 2.45) is 0 Å². The molecule has 1 aromatic heterocycles. The second-order valence-corrected chi connectivity index (χ2v) is 17.8. The third kappa shape index (κ3) is 6.39. The van der Waals surface area contributed by atoms with E-state index in [1.54, 1.807) is 0 Å². The second kappa shape index (κ2) is 15.4. The van der Waals surface area contributed by atoms with Gasteiger partial charge in [0.05, 0.1) is 5.52 Å². The Kier molecular flexibility index (Phi) is 9.43. The van der Waals surface area contributed by atoms with Crippen LogP contribution in [-0.2, 0) is 11.8 Å². The van der Waals surface area contributed by atoms with E-state index in [0.717, 1.165) is 59.4 Å². The molecular weight excluding hydrogens is 801 g/mol. The van der Waals surface area contributed by atoms with Crippen LogP contribution in [0.5, 0.6) is 23.0 Å². The molecule has 65 heavy (non-hydrogen) atoms.